The zero-order valence-electron chi connectivity index (χ0n) is 11.6. The average Bonchev–Trinajstić information content (AvgIpc) is 2.48. The predicted octanol–water partition coefficient (Wildman–Crippen LogP) is 6.13. The predicted molar refractivity (Wildman–Crippen MR) is 96.7 cm³/mol. The van der Waals surface area contributed by atoms with E-state index in [4.69, 9.17) is 16.3 Å². The van der Waals surface area contributed by atoms with Crippen LogP contribution in [0.4, 0.5) is 0 Å². The lowest BCUT2D eigenvalue weighted by Gasteiger charge is -2.15. The molecule has 0 saturated carbocycles. The van der Waals surface area contributed by atoms with Crippen LogP contribution in [0.25, 0.3) is 0 Å². The number of alkyl halides is 1. The van der Waals surface area contributed by atoms with E-state index in [9.17, 15) is 0 Å². The van der Waals surface area contributed by atoms with Crippen molar-refractivity contribution in [2.75, 3.05) is 11.9 Å². The molecule has 0 amide bonds. The fourth-order valence-electron chi connectivity index (χ4n) is 2.09. The molecular formula is C17H17Br2ClO. The normalized spacial score (nSPS) is 12.1. The first kappa shape index (κ1) is 16.9. The molecule has 0 aliphatic heterocycles. The van der Waals surface area contributed by atoms with Gasteiger partial charge in [0.05, 0.1) is 6.61 Å². The molecule has 21 heavy (non-hydrogen) atoms. The molecule has 0 aliphatic rings. The summed E-state index contributed by atoms with van der Waals surface area (Å²) < 4.78 is 6.84. The maximum atomic E-state index is 5.91. The summed E-state index contributed by atoms with van der Waals surface area (Å²) in [5, 5.41) is 1.75. The minimum atomic E-state index is 0.554. The summed E-state index contributed by atoms with van der Waals surface area (Å²) in [6.45, 7) is 0.723. The summed E-state index contributed by atoms with van der Waals surface area (Å²) in [5.41, 5.74) is 1.31. The summed E-state index contributed by atoms with van der Waals surface area (Å²) in [6.07, 6.45) is 2.05. The summed E-state index contributed by atoms with van der Waals surface area (Å²) in [5.74, 6) is 1.46. The van der Waals surface area contributed by atoms with E-state index in [0.717, 1.165) is 40.0 Å². The fourth-order valence-corrected chi connectivity index (χ4v) is 3.14. The number of benzene rings is 2. The van der Waals surface area contributed by atoms with Crippen molar-refractivity contribution in [3.8, 4) is 5.75 Å². The van der Waals surface area contributed by atoms with Gasteiger partial charge in [0, 0.05) is 14.8 Å². The molecule has 1 unspecified atom stereocenters. The van der Waals surface area contributed by atoms with E-state index in [-0.39, 0.29) is 0 Å². The van der Waals surface area contributed by atoms with Crippen LogP contribution in [0.15, 0.2) is 53.0 Å². The van der Waals surface area contributed by atoms with Crippen LogP contribution in [0.5, 0.6) is 5.75 Å². The van der Waals surface area contributed by atoms with Crippen molar-refractivity contribution in [1.82, 2.24) is 0 Å². The Kier molecular flexibility index (Phi) is 7.08. The number of halogens is 3. The maximum Gasteiger partial charge on any atom is 0.120 e. The first-order chi connectivity index (χ1) is 10.2. The molecule has 1 nitrogen and oxygen atoms in total. The smallest absolute Gasteiger partial charge is 0.120 e. The number of hydrogen-bond donors (Lipinski definition) is 0. The third-order valence-corrected chi connectivity index (χ3v) is 4.91. The minimum absolute atomic E-state index is 0.554. The highest BCUT2D eigenvalue weighted by Gasteiger charge is 2.09. The summed E-state index contributed by atoms with van der Waals surface area (Å²) >= 11 is 13.0. The molecule has 0 heterocycles. The largest absolute Gasteiger partial charge is 0.494 e. The van der Waals surface area contributed by atoms with Gasteiger partial charge in [0.1, 0.15) is 5.75 Å². The molecule has 0 fully saturated rings. The molecule has 112 valence electrons. The highest BCUT2D eigenvalue weighted by Crippen LogP contribution is 2.20. The van der Waals surface area contributed by atoms with Crippen molar-refractivity contribution in [3.05, 3.63) is 63.6 Å². The van der Waals surface area contributed by atoms with Crippen LogP contribution in [0.3, 0.4) is 0 Å². The topological polar surface area (TPSA) is 9.23 Å². The van der Waals surface area contributed by atoms with Gasteiger partial charge in [-0.1, -0.05) is 61.7 Å². The zero-order valence-corrected chi connectivity index (χ0v) is 15.5. The third-order valence-electron chi connectivity index (χ3n) is 3.25. The van der Waals surface area contributed by atoms with Crippen molar-refractivity contribution in [2.24, 2.45) is 5.92 Å². The zero-order chi connectivity index (χ0) is 15.1. The Balaban J connectivity index is 1.81. The standard InChI is InChI=1S/C17H17Br2ClO/c18-12-14(10-13-4-6-16(20)7-5-13)8-9-21-17-3-1-2-15(19)11-17/h1-7,11,14H,8-10,12H2. The molecule has 2 aromatic rings. The number of ether oxygens (including phenoxy) is 1. The molecule has 0 aromatic heterocycles. The number of rotatable bonds is 7. The van der Waals surface area contributed by atoms with Gasteiger partial charge in [-0.05, 0) is 54.7 Å². The molecule has 0 saturated heterocycles. The van der Waals surface area contributed by atoms with Gasteiger partial charge < -0.3 is 4.74 Å². The van der Waals surface area contributed by atoms with Gasteiger partial charge in [0.25, 0.3) is 0 Å². The van der Waals surface area contributed by atoms with Crippen LogP contribution >= 0.6 is 43.5 Å². The van der Waals surface area contributed by atoms with Crippen LogP contribution in [0, 0.1) is 5.92 Å². The Morgan fingerprint density at radius 1 is 1.10 bits per heavy atom. The van der Waals surface area contributed by atoms with Gasteiger partial charge in [0.15, 0.2) is 0 Å². The Hall–Kier alpha value is -0.510. The lowest BCUT2D eigenvalue weighted by molar-refractivity contribution is 0.285. The van der Waals surface area contributed by atoms with E-state index >= 15 is 0 Å². The van der Waals surface area contributed by atoms with E-state index in [1.165, 1.54) is 5.56 Å². The second kappa shape index (κ2) is 8.82. The van der Waals surface area contributed by atoms with Crippen molar-refractivity contribution in [1.29, 1.82) is 0 Å². The lowest BCUT2D eigenvalue weighted by atomic mass is 9.98. The summed E-state index contributed by atoms with van der Waals surface area (Å²) in [4.78, 5) is 0. The Morgan fingerprint density at radius 2 is 1.86 bits per heavy atom. The second-order valence-electron chi connectivity index (χ2n) is 4.95. The maximum absolute atomic E-state index is 5.91. The fraction of sp³-hybridized carbons (Fsp3) is 0.294. The monoisotopic (exact) mass is 430 g/mol. The van der Waals surface area contributed by atoms with Crippen molar-refractivity contribution >= 4 is 43.5 Å². The molecule has 2 rings (SSSR count). The van der Waals surface area contributed by atoms with Crippen LogP contribution in [0.1, 0.15) is 12.0 Å². The Labute approximate surface area is 147 Å². The van der Waals surface area contributed by atoms with Crippen LogP contribution in [-0.2, 0) is 6.42 Å². The van der Waals surface area contributed by atoms with Gasteiger partial charge in [-0.3, -0.25) is 0 Å². The quantitative estimate of drug-likeness (QED) is 0.479. The van der Waals surface area contributed by atoms with E-state index in [2.05, 4.69) is 44.0 Å². The van der Waals surface area contributed by atoms with Gasteiger partial charge in [-0.25, -0.2) is 0 Å². The second-order valence-corrected chi connectivity index (χ2v) is 6.95. The first-order valence-electron chi connectivity index (χ1n) is 6.86. The lowest BCUT2D eigenvalue weighted by Crippen LogP contribution is -2.11. The molecule has 0 radical (unpaired) electrons. The van der Waals surface area contributed by atoms with Crippen molar-refractivity contribution in [3.63, 3.8) is 0 Å². The molecule has 4 heteroatoms. The SMILES string of the molecule is Clc1ccc(CC(CBr)CCOc2cccc(Br)c2)cc1. The number of hydrogen-bond acceptors (Lipinski definition) is 1. The molecule has 1 atom stereocenters. The van der Waals surface area contributed by atoms with E-state index < -0.39 is 0 Å². The van der Waals surface area contributed by atoms with Crippen molar-refractivity contribution < 1.29 is 4.74 Å². The van der Waals surface area contributed by atoms with Crippen LogP contribution in [0.2, 0.25) is 5.02 Å². The van der Waals surface area contributed by atoms with Crippen LogP contribution in [-0.4, -0.2) is 11.9 Å². The van der Waals surface area contributed by atoms with Gasteiger partial charge in [0.2, 0.25) is 0 Å². The highest BCUT2D eigenvalue weighted by molar-refractivity contribution is 9.10. The minimum Gasteiger partial charge on any atom is -0.494 e. The van der Waals surface area contributed by atoms with E-state index in [1.54, 1.807) is 0 Å². The summed E-state index contributed by atoms with van der Waals surface area (Å²) in [7, 11) is 0. The molecule has 2 aromatic carbocycles. The van der Waals surface area contributed by atoms with Gasteiger partial charge in [-0.2, -0.15) is 0 Å². The van der Waals surface area contributed by atoms with E-state index in [1.807, 2.05) is 36.4 Å². The third kappa shape index (κ3) is 6.01. The average molecular weight is 433 g/mol. The van der Waals surface area contributed by atoms with Gasteiger partial charge in [-0.15, -0.1) is 0 Å². The Morgan fingerprint density at radius 3 is 2.52 bits per heavy atom. The molecule has 0 N–H and O–H groups in total. The van der Waals surface area contributed by atoms with Crippen LogP contribution < -0.4 is 4.74 Å². The molecule has 0 spiro atoms. The van der Waals surface area contributed by atoms with Gasteiger partial charge >= 0.3 is 0 Å². The summed E-state index contributed by atoms with van der Waals surface area (Å²) in [6, 6.07) is 16.0. The highest BCUT2D eigenvalue weighted by atomic mass is 79.9. The Bertz CT molecular complexity index is 557. The first-order valence-corrected chi connectivity index (χ1v) is 9.15. The van der Waals surface area contributed by atoms with Crippen molar-refractivity contribution in [2.45, 2.75) is 12.8 Å². The van der Waals surface area contributed by atoms with E-state index in [0.29, 0.717) is 5.92 Å². The molecule has 0 aliphatic carbocycles. The molecular weight excluding hydrogens is 415 g/mol. The molecule has 0 bridgehead atoms.